The van der Waals surface area contributed by atoms with Gasteiger partial charge in [-0.1, -0.05) is 68.5 Å². The van der Waals surface area contributed by atoms with Crippen LogP contribution in [0.4, 0.5) is 5.69 Å². The number of anilines is 1. The molecule has 0 unspecified atom stereocenters. The SMILES string of the molecule is Cc1cc(C)cc(CNc2c(Cl)cc(Br)cc2Cl)c1. The Hall–Kier alpha value is -0.700. The van der Waals surface area contributed by atoms with Crippen molar-refractivity contribution in [3.8, 4) is 0 Å². The van der Waals surface area contributed by atoms with E-state index in [9.17, 15) is 0 Å². The lowest BCUT2D eigenvalue weighted by molar-refractivity contribution is 1.13. The van der Waals surface area contributed by atoms with Crippen LogP contribution in [0.3, 0.4) is 0 Å². The third-order valence-corrected chi connectivity index (χ3v) is 3.81. The van der Waals surface area contributed by atoms with Crippen molar-refractivity contribution >= 4 is 44.8 Å². The first kappa shape index (κ1) is 14.7. The minimum atomic E-state index is 0.615. The van der Waals surface area contributed by atoms with Gasteiger partial charge in [0.25, 0.3) is 0 Å². The lowest BCUT2D eigenvalue weighted by Gasteiger charge is -2.12. The average Bonchev–Trinajstić information content (AvgIpc) is 2.25. The minimum absolute atomic E-state index is 0.615. The Morgan fingerprint density at radius 1 is 0.947 bits per heavy atom. The topological polar surface area (TPSA) is 12.0 Å². The van der Waals surface area contributed by atoms with Gasteiger partial charge in [0.2, 0.25) is 0 Å². The zero-order valence-corrected chi connectivity index (χ0v) is 13.8. The van der Waals surface area contributed by atoms with Crippen molar-refractivity contribution in [2.45, 2.75) is 20.4 Å². The molecule has 0 radical (unpaired) electrons. The highest BCUT2D eigenvalue weighted by molar-refractivity contribution is 9.10. The van der Waals surface area contributed by atoms with E-state index in [1.165, 1.54) is 16.7 Å². The van der Waals surface area contributed by atoms with Crippen LogP contribution in [0.25, 0.3) is 0 Å². The minimum Gasteiger partial charge on any atom is -0.379 e. The second-order valence-corrected chi connectivity index (χ2v) is 6.32. The maximum atomic E-state index is 6.19. The summed E-state index contributed by atoms with van der Waals surface area (Å²) in [5.74, 6) is 0. The molecule has 2 rings (SSSR count). The molecule has 2 aromatic rings. The molecule has 0 spiro atoms. The van der Waals surface area contributed by atoms with Crippen molar-refractivity contribution in [2.75, 3.05) is 5.32 Å². The summed E-state index contributed by atoms with van der Waals surface area (Å²) in [6.07, 6.45) is 0. The molecule has 4 heteroatoms. The van der Waals surface area contributed by atoms with Crippen LogP contribution in [0.2, 0.25) is 10.0 Å². The van der Waals surface area contributed by atoms with E-state index in [-0.39, 0.29) is 0 Å². The summed E-state index contributed by atoms with van der Waals surface area (Å²) in [4.78, 5) is 0. The number of rotatable bonds is 3. The summed E-state index contributed by atoms with van der Waals surface area (Å²) in [5, 5.41) is 4.52. The third-order valence-electron chi connectivity index (χ3n) is 2.76. The molecule has 0 aliphatic carbocycles. The molecule has 0 fully saturated rings. The molecule has 0 aromatic heterocycles. The van der Waals surface area contributed by atoms with Crippen molar-refractivity contribution in [1.82, 2.24) is 0 Å². The normalized spacial score (nSPS) is 10.6. The zero-order chi connectivity index (χ0) is 14.0. The van der Waals surface area contributed by atoms with Gasteiger partial charge < -0.3 is 5.32 Å². The Morgan fingerprint density at radius 2 is 1.47 bits per heavy atom. The number of halogens is 3. The van der Waals surface area contributed by atoms with Crippen molar-refractivity contribution < 1.29 is 0 Å². The molecule has 0 saturated carbocycles. The van der Waals surface area contributed by atoms with Crippen LogP contribution in [0, 0.1) is 13.8 Å². The van der Waals surface area contributed by atoms with E-state index in [2.05, 4.69) is 53.3 Å². The Morgan fingerprint density at radius 3 is 2.00 bits per heavy atom. The van der Waals surface area contributed by atoms with Crippen LogP contribution in [-0.4, -0.2) is 0 Å². The standard InChI is InChI=1S/C15H14BrCl2N/c1-9-3-10(2)5-11(4-9)8-19-15-13(17)6-12(16)7-14(15)18/h3-7,19H,8H2,1-2H3. The van der Waals surface area contributed by atoms with Gasteiger partial charge in [-0.3, -0.25) is 0 Å². The predicted octanol–water partition coefficient (Wildman–Crippen LogP) is 5.98. The van der Waals surface area contributed by atoms with Gasteiger partial charge in [0, 0.05) is 11.0 Å². The van der Waals surface area contributed by atoms with E-state index in [0.717, 1.165) is 10.2 Å². The van der Waals surface area contributed by atoms with Crippen molar-refractivity contribution in [3.05, 3.63) is 61.5 Å². The molecule has 0 amide bonds. The summed E-state index contributed by atoms with van der Waals surface area (Å²) in [7, 11) is 0. The molecule has 19 heavy (non-hydrogen) atoms. The fourth-order valence-corrected chi connectivity index (χ4v) is 3.41. The molecule has 0 aliphatic rings. The monoisotopic (exact) mass is 357 g/mol. The Bertz CT molecular complexity index is 568. The predicted molar refractivity (Wildman–Crippen MR) is 87.4 cm³/mol. The first-order valence-electron chi connectivity index (χ1n) is 5.91. The Kier molecular flexibility index (Phi) is 4.77. The van der Waals surface area contributed by atoms with Gasteiger partial charge in [0.1, 0.15) is 0 Å². The van der Waals surface area contributed by atoms with E-state index in [4.69, 9.17) is 23.2 Å². The summed E-state index contributed by atoms with van der Waals surface area (Å²) in [6.45, 7) is 4.88. The molecule has 0 atom stereocenters. The number of nitrogens with one attached hydrogen (secondary N) is 1. The molecule has 1 nitrogen and oxygen atoms in total. The molecular weight excluding hydrogens is 345 g/mol. The van der Waals surface area contributed by atoms with Crippen molar-refractivity contribution in [1.29, 1.82) is 0 Å². The Balaban J connectivity index is 2.19. The van der Waals surface area contributed by atoms with Crippen molar-refractivity contribution in [3.63, 3.8) is 0 Å². The third kappa shape index (κ3) is 3.88. The van der Waals surface area contributed by atoms with E-state index in [0.29, 0.717) is 16.6 Å². The van der Waals surface area contributed by atoms with Crippen LogP contribution in [0.15, 0.2) is 34.8 Å². The average molecular weight is 359 g/mol. The van der Waals surface area contributed by atoms with E-state index < -0.39 is 0 Å². The fourth-order valence-electron chi connectivity index (χ4n) is 2.07. The molecule has 2 aromatic carbocycles. The van der Waals surface area contributed by atoms with E-state index in [1.807, 2.05) is 12.1 Å². The van der Waals surface area contributed by atoms with Crippen LogP contribution in [0.1, 0.15) is 16.7 Å². The molecule has 0 bridgehead atoms. The molecular formula is C15H14BrCl2N. The first-order valence-corrected chi connectivity index (χ1v) is 7.46. The summed E-state index contributed by atoms with van der Waals surface area (Å²) in [6, 6.07) is 10.1. The van der Waals surface area contributed by atoms with Gasteiger partial charge in [0.05, 0.1) is 15.7 Å². The lowest BCUT2D eigenvalue weighted by Crippen LogP contribution is -2.01. The maximum absolute atomic E-state index is 6.19. The highest BCUT2D eigenvalue weighted by Crippen LogP contribution is 2.34. The summed E-state index contributed by atoms with van der Waals surface area (Å²) in [5.41, 5.74) is 4.49. The van der Waals surface area contributed by atoms with Crippen LogP contribution in [-0.2, 0) is 6.54 Å². The van der Waals surface area contributed by atoms with Gasteiger partial charge in [-0.2, -0.15) is 0 Å². The highest BCUT2D eigenvalue weighted by Gasteiger charge is 2.07. The summed E-state index contributed by atoms with van der Waals surface area (Å²) < 4.78 is 0.874. The molecule has 0 saturated heterocycles. The summed E-state index contributed by atoms with van der Waals surface area (Å²) >= 11 is 15.7. The largest absolute Gasteiger partial charge is 0.379 e. The second-order valence-electron chi connectivity index (χ2n) is 4.59. The number of hydrogen-bond donors (Lipinski definition) is 1. The lowest BCUT2D eigenvalue weighted by atomic mass is 10.1. The maximum Gasteiger partial charge on any atom is 0.0722 e. The smallest absolute Gasteiger partial charge is 0.0722 e. The molecule has 0 heterocycles. The van der Waals surface area contributed by atoms with Crippen LogP contribution in [0.5, 0.6) is 0 Å². The van der Waals surface area contributed by atoms with Gasteiger partial charge >= 0.3 is 0 Å². The molecule has 0 aliphatic heterocycles. The number of benzene rings is 2. The van der Waals surface area contributed by atoms with E-state index >= 15 is 0 Å². The van der Waals surface area contributed by atoms with Crippen LogP contribution >= 0.6 is 39.1 Å². The van der Waals surface area contributed by atoms with Crippen LogP contribution < -0.4 is 5.32 Å². The van der Waals surface area contributed by atoms with Crippen molar-refractivity contribution in [2.24, 2.45) is 0 Å². The van der Waals surface area contributed by atoms with Gasteiger partial charge in [-0.25, -0.2) is 0 Å². The first-order chi connectivity index (χ1) is 8.95. The van der Waals surface area contributed by atoms with Gasteiger partial charge in [-0.05, 0) is 31.5 Å². The quantitative estimate of drug-likeness (QED) is 0.710. The molecule has 100 valence electrons. The van der Waals surface area contributed by atoms with Gasteiger partial charge in [0.15, 0.2) is 0 Å². The van der Waals surface area contributed by atoms with Gasteiger partial charge in [-0.15, -0.1) is 0 Å². The zero-order valence-electron chi connectivity index (χ0n) is 10.7. The number of aryl methyl sites for hydroxylation is 2. The number of hydrogen-bond acceptors (Lipinski definition) is 1. The fraction of sp³-hybridized carbons (Fsp3) is 0.200. The van der Waals surface area contributed by atoms with E-state index in [1.54, 1.807) is 0 Å². The molecule has 1 N–H and O–H groups in total. The second kappa shape index (κ2) is 6.17. The Labute approximate surface area is 132 Å². The highest BCUT2D eigenvalue weighted by atomic mass is 79.9.